The Labute approximate surface area is 141 Å². The highest BCUT2D eigenvalue weighted by molar-refractivity contribution is 6.42. The average molecular weight is 346 g/mol. The summed E-state index contributed by atoms with van der Waals surface area (Å²) in [6.07, 6.45) is 1.09. The highest BCUT2D eigenvalue weighted by atomic mass is 35.5. The van der Waals surface area contributed by atoms with E-state index >= 15 is 0 Å². The van der Waals surface area contributed by atoms with Gasteiger partial charge in [-0.05, 0) is 32.4 Å². The molecule has 1 aliphatic rings. The van der Waals surface area contributed by atoms with Gasteiger partial charge >= 0.3 is 0 Å². The summed E-state index contributed by atoms with van der Waals surface area (Å²) in [5, 5.41) is 0.871. The molecule has 1 aliphatic heterocycles. The average Bonchev–Trinajstić information content (AvgIpc) is 2.46. The molecule has 0 saturated carbocycles. The Bertz CT molecular complexity index is 534. The second kappa shape index (κ2) is 7.53. The number of rotatable bonds is 5. The molecule has 1 amide bonds. The lowest BCUT2D eigenvalue weighted by atomic mass is 10.1. The van der Waals surface area contributed by atoms with Crippen molar-refractivity contribution in [3.05, 3.63) is 28.2 Å². The lowest BCUT2D eigenvalue weighted by Crippen LogP contribution is -2.50. The molecule has 0 N–H and O–H groups in total. The van der Waals surface area contributed by atoms with Gasteiger partial charge in [-0.3, -0.25) is 4.79 Å². The molecule has 0 aromatic heterocycles. The predicted molar refractivity (Wildman–Crippen MR) is 87.8 cm³/mol. The minimum Gasteiger partial charge on any atom is -0.492 e. The third kappa shape index (κ3) is 4.77. The van der Waals surface area contributed by atoms with E-state index in [1.807, 2.05) is 18.7 Å². The number of carbonyl (C=O) groups is 1. The fourth-order valence-corrected chi connectivity index (χ4v) is 2.73. The summed E-state index contributed by atoms with van der Waals surface area (Å²) >= 11 is 12.0. The lowest BCUT2D eigenvalue weighted by molar-refractivity contribution is -0.146. The molecule has 0 unspecified atom stereocenters. The van der Waals surface area contributed by atoms with Gasteiger partial charge in [0.25, 0.3) is 0 Å². The van der Waals surface area contributed by atoms with Gasteiger partial charge in [0.2, 0.25) is 5.91 Å². The summed E-state index contributed by atoms with van der Waals surface area (Å²) in [4.78, 5) is 14.0. The van der Waals surface area contributed by atoms with Gasteiger partial charge in [-0.2, -0.15) is 0 Å². The standard InChI is InChI=1S/C16H21Cl2NO3/c1-16(2)11-19(8-10-22-16)14(20)7-4-9-21-13-6-3-5-12(17)15(13)18/h3,5-6H,4,7-11H2,1-2H3. The number of amides is 1. The van der Waals surface area contributed by atoms with Gasteiger partial charge in [0, 0.05) is 19.5 Å². The van der Waals surface area contributed by atoms with E-state index < -0.39 is 0 Å². The van der Waals surface area contributed by atoms with Crippen LogP contribution in [0.5, 0.6) is 5.75 Å². The van der Waals surface area contributed by atoms with Crippen LogP contribution in [0.2, 0.25) is 10.0 Å². The molecular weight excluding hydrogens is 325 g/mol. The summed E-state index contributed by atoms with van der Waals surface area (Å²) in [6.45, 7) is 6.30. The first-order valence-electron chi connectivity index (χ1n) is 7.37. The Morgan fingerprint density at radius 3 is 2.91 bits per heavy atom. The van der Waals surface area contributed by atoms with E-state index in [4.69, 9.17) is 32.7 Å². The van der Waals surface area contributed by atoms with E-state index in [-0.39, 0.29) is 11.5 Å². The van der Waals surface area contributed by atoms with Gasteiger partial charge in [-0.25, -0.2) is 0 Å². The fraction of sp³-hybridized carbons (Fsp3) is 0.562. The van der Waals surface area contributed by atoms with Crippen LogP contribution >= 0.6 is 23.2 Å². The largest absolute Gasteiger partial charge is 0.492 e. The topological polar surface area (TPSA) is 38.8 Å². The van der Waals surface area contributed by atoms with Crippen LogP contribution in [-0.2, 0) is 9.53 Å². The van der Waals surface area contributed by atoms with Crippen LogP contribution in [0.4, 0.5) is 0 Å². The highest BCUT2D eigenvalue weighted by Gasteiger charge is 2.29. The molecule has 0 aliphatic carbocycles. The Morgan fingerprint density at radius 2 is 2.18 bits per heavy atom. The van der Waals surface area contributed by atoms with E-state index in [2.05, 4.69) is 0 Å². The van der Waals surface area contributed by atoms with Gasteiger partial charge in [0.15, 0.2) is 0 Å². The Hall–Kier alpha value is -0.970. The number of benzene rings is 1. The Balaban J connectivity index is 1.74. The summed E-state index contributed by atoms with van der Waals surface area (Å²) in [5.74, 6) is 0.686. The van der Waals surface area contributed by atoms with E-state index in [1.165, 1.54) is 0 Å². The van der Waals surface area contributed by atoms with E-state index in [1.54, 1.807) is 18.2 Å². The molecule has 1 aromatic carbocycles. The molecule has 122 valence electrons. The molecule has 22 heavy (non-hydrogen) atoms. The normalized spacial score (nSPS) is 17.4. The number of halogens is 2. The van der Waals surface area contributed by atoms with Crippen molar-refractivity contribution in [1.82, 2.24) is 4.90 Å². The van der Waals surface area contributed by atoms with Gasteiger partial charge in [-0.15, -0.1) is 0 Å². The van der Waals surface area contributed by atoms with Crippen molar-refractivity contribution in [2.45, 2.75) is 32.3 Å². The van der Waals surface area contributed by atoms with Crippen LogP contribution in [0.15, 0.2) is 18.2 Å². The number of nitrogens with zero attached hydrogens (tertiary/aromatic N) is 1. The van der Waals surface area contributed by atoms with Crippen molar-refractivity contribution < 1.29 is 14.3 Å². The number of hydrogen-bond acceptors (Lipinski definition) is 3. The number of carbonyl (C=O) groups excluding carboxylic acids is 1. The SMILES string of the molecule is CC1(C)CN(C(=O)CCCOc2cccc(Cl)c2Cl)CCO1. The molecular formula is C16H21Cl2NO3. The summed E-state index contributed by atoms with van der Waals surface area (Å²) in [6, 6.07) is 5.26. The van der Waals surface area contributed by atoms with Crippen LogP contribution in [0.25, 0.3) is 0 Å². The summed E-state index contributed by atoms with van der Waals surface area (Å²) in [5.41, 5.74) is -0.265. The zero-order chi connectivity index (χ0) is 16.2. The van der Waals surface area contributed by atoms with Gasteiger partial charge in [0.05, 0.1) is 23.8 Å². The molecule has 4 nitrogen and oxygen atoms in total. The highest BCUT2D eigenvalue weighted by Crippen LogP contribution is 2.31. The lowest BCUT2D eigenvalue weighted by Gasteiger charge is -2.38. The van der Waals surface area contributed by atoms with Gasteiger partial charge in [-0.1, -0.05) is 29.3 Å². The first kappa shape index (κ1) is 17.4. The van der Waals surface area contributed by atoms with Crippen LogP contribution < -0.4 is 4.74 Å². The predicted octanol–water partition coefficient (Wildman–Crippen LogP) is 3.79. The number of morpholine rings is 1. The maximum absolute atomic E-state index is 12.2. The van der Waals surface area contributed by atoms with Crippen molar-refractivity contribution in [3.8, 4) is 5.75 Å². The van der Waals surface area contributed by atoms with Crippen molar-refractivity contribution in [3.63, 3.8) is 0 Å². The molecule has 0 bridgehead atoms. The zero-order valence-corrected chi connectivity index (χ0v) is 14.4. The fourth-order valence-electron chi connectivity index (χ4n) is 2.39. The van der Waals surface area contributed by atoms with Crippen LogP contribution in [-0.4, -0.2) is 42.7 Å². The first-order chi connectivity index (χ1) is 10.4. The van der Waals surface area contributed by atoms with Crippen LogP contribution in [0, 0.1) is 0 Å². The van der Waals surface area contributed by atoms with Gasteiger partial charge in [0.1, 0.15) is 10.8 Å². The van der Waals surface area contributed by atoms with Crippen molar-refractivity contribution in [1.29, 1.82) is 0 Å². The minimum atomic E-state index is -0.265. The Kier molecular flexibility index (Phi) is 5.95. The van der Waals surface area contributed by atoms with Gasteiger partial charge < -0.3 is 14.4 Å². The zero-order valence-electron chi connectivity index (χ0n) is 12.9. The molecule has 6 heteroatoms. The number of ether oxygens (including phenoxy) is 2. The smallest absolute Gasteiger partial charge is 0.222 e. The third-order valence-electron chi connectivity index (χ3n) is 3.49. The molecule has 1 heterocycles. The molecule has 1 aromatic rings. The summed E-state index contributed by atoms with van der Waals surface area (Å²) < 4.78 is 11.2. The van der Waals surface area contributed by atoms with E-state index in [0.717, 1.165) is 0 Å². The van der Waals surface area contributed by atoms with Crippen LogP contribution in [0.3, 0.4) is 0 Å². The maximum atomic E-state index is 12.2. The monoisotopic (exact) mass is 345 g/mol. The van der Waals surface area contributed by atoms with Crippen molar-refractivity contribution in [2.75, 3.05) is 26.3 Å². The minimum absolute atomic E-state index is 0.136. The molecule has 2 rings (SSSR count). The Morgan fingerprint density at radius 1 is 1.41 bits per heavy atom. The molecule has 0 radical (unpaired) electrons. The number of hydrogen-bond donors (Lipinski definition) is 0. The molecule has 1 fully saturated rings. The maximum Gasteiger partial charge on any atom is 0.222 e. The second-order valence-electron chi connectivity index (χ2n) is 5.93. The van der Waals surface area contributed by atoms with E-state index in [0.29, 0.717) is 54.9 Å². The third-order valence-corrected chi connectivity index (χ3v) is 4.29. The van der Waals surface area contributed by atoms with E-state index in [9.17, 15) is 4.79 Å². The van der Waals surface area contributed by atoms with Crippen LogP contribution in [0.1, 0.15) is 26.7 Å². The molecule has 0 atom stereocenters. The van der Waals surface area contributed by atoms with Crippen molar-refractivity contribution >= 4 is 29.1 Å². The quantitative estimate of drug-likeness (QED) is 0.762. The molecule has 0 spiro atoms. The first-order valence-corrected chi connectivity index (χ1v) is 8.13. The second-order valence-corrected chi connectivity index (χ2v) is 6.71. The molecule has 1 saturated heterocycles. The van der Waals surface area contributed by atoms with Crippen molar-refractivity contribution in [2.24, 2.45) is 0 Å². The summed E-state index contributed by atoms with van der Waals surface area (Å²) in [7, 11) is 0.